The predicted octanol–water partition coefficient (Wildman–Crippen LogP) is 6.77. The number of thiophene rings is 1. The van der Waals surface area contributed by atoms with Gasteiger partial charge in [-0.1, -0.05) is 67.0 Å². The van der Waals surface area contributed by atoms with E-state index in [0.29, 0.717) is 10.2 Å². The van der Waals surface area contributed by atoms with Gasteiger partial charge in [0.25, 0.3) is 5.56 Å². The van der Waals surface area contributed by atoms with Gasteiger partial charge in [0.15, 0.2) is 0 Å². The number of nitrogens with zero attached hydrogens (tertiary/aromatic N) is 2. The zero-order chi connectivity index (χ0) is 24.4. The number of aryl methyl sites for hydroxylation is 3. The van der Waals surface area contributed by atoms with Gasteiger partial charge in [0.05, 0.1) is 11.7 Å². The highest BCUT2D eigenvalue weighted by Crippen LogP contribution is 2.37. The number of rotatable bonds is 7. The van der Waals surface area contributed by atoms with Crippen molar-refractivity contribution in [2.75, 3.05) is 5.32 Å². The molecule has 0 saturated carbocycles. The number of carbonyl (C=O) groups is 1. The van der Waals surface area contributed by atoms with E-state index >= 15 is 0 Å². The maximum atomic E-state index is 13.7. The first-order valence-corrected chi connectivity index (χ1v) is 13.2. The molecule has 34 heavy (non-hydrogen) atoms. The van der Waals surface area contributed by atoms with E-state index in [1.165, 1.54) is 10.9 Å². The SMILES string of the molecule is CCc1cccc(CC)c1NC(=O)C(C)n1cnc2sc(CC)c(-c3ccc(Br)cc3)c2c1=O. The van der Waals surface area contributed by atoms with Crippen molar-refractivity contribution in [3.05, 3.63) is 79.6 Å². The third-order valence-corrected chi connectivity index (χ3v) is 7.98. The van der Waals surface area contributed by atoms with Gasteiger partial charge in [-0.3, -0.25) is 14.2 Å². The van der Waals surface area contributed by atoms with Gasteiger partial charge in [0.2, 0.25) is 5.91 Å². The van der Waals surface area contributed by atoms with Gasteiger partial charge in [-0.2, -0.15) is 0 Å². The molecular formula is C27H28BrN3O2S. The van der Waals surface area contributed by atoms with E-state index in [1.54, 1.807) is 18.3 Å². The fraction of sp³-hybridized carbons (Fsp3) is 0.296. The molecule has 0 bridgehead atoms. The lowest BCUT2D eigenvalue weighted by atomic mass is 10.0. The van der Waals surface area contributed by atoms with Gasteiger partial charge in [-0.15, -0.1) is 11.3 Å². The quantitative estimate of drug-likeness (QED) is 0.282. The van der Waals surface area contributed by atoms with Crippen molar-refractivity contribution in [3.63, 3.8) is 0 Å². The summed E-state index contributed by atoms with van der Waals surface area (Å²) in [5, 5.41) is 3.67. The van der Waals surface area contributed by atoms with Crippen LogP contribution in [0.3, 0.4) is 0 Å². The number of halogens is 1. The number of anilines is 1. The summed E-state index contributed by atoms with van der Waals surface area (Å²) in [6.07, 6.45) is 3.94. The Morgan fingerprint density at radius 1 is 1.06 bits per heavy atom. The van der Waals surface area contributed by atoms with E-state index in [2.05, 4.69) is 47.0 Å². The zero-order valence-electron chi connectivity index (χ0n) is 19.8. The highest BCUT2D eigenvalue weighted by Gasteiger charge is 2.23. The Labute approximate surface area is 212 Å². The minimum Gasteiger partial charge on any atom is -0.324 e. The van der Waals surface area contributed by atoms with Crippen LogP contribution in [0.5, 0.6) is 0 Å². The summed E-state index contributed by atoms with van der Waals surface area (Å²) < 4.78 is 2.43. The molecule has 0 aliphatic carbocycles. The van der Waals surface area contributed by atoms with Gasteiger partial charge in [-0.25, -0.2) is 4.98 Å². The molecule has 7 heteroatoms. The highest BCUT2D eigenvalue weighted by molar-refractivity contribution is 9.10. The Morgan fingerprint density at radius 2 is 1.71 bits per heavy atom. The maximum Gasteiger partial charge on any atom is 0.263 e. The van der Waals surface area contributed by atoms with E-state index < -0.39 is 6.04 Å². The van der Waals surface area contributed by atoms with Crippen LogP contribution in [0.2, 0.25) is 0 Å². The minimum atomic E-state index is -0.707. The van der Waals surface area contributed by atoms with Crippen LogP contribution < -0.4 is 10.9 Å². The van der Waals surface area contributed by atoms with E-state index in [0.717, 1.165) is 56.6 Å². The Morgan fingerprint density at radius 3 is 2.29 bits per heavy atom. The van der Waals surface area contributed by atoms with Crippen molar-refractivity contribution in [2.24, 2.45) is 0 Å². The largest absolute Gasteiger partial charge is 0.324 e. The number of hydrogen-bond donors (Lipinski definition) is 1. The summed E-state index contributed by atoms with van der Waals surface area (Å²) in [6.45, 7) is 7.97. The van der Waals surface area contributed by atoms with Crippen molar-refractivity contribution >= 4 is 49.1 Å². The number of hydrogen-bond acceptors (Lipinski definition) is 4. The molecule has 176 valence electrons. The standard InChI is InChI=1S/C27H28BrN3O2S/c1-5-17-9-8-10-18(6-2)24(17)30-25(32)16(4)31-15-29-26-23(27(31)33)22(21(7-3)34-26)19-11-13-20(28)14-12-19/h8-16H,5-7H2,1-4H3,(H,30,32). The molecule has 0 radical (unpaired) electrons. The first-order chi connectivity index (χ1) is 16.4. The lowest BCUT2D eigenvalue weighted by Gasteiger charge is -2.19. The number of benzene rings is 2. The van der Waals surface area contributed by atoms with Gasteiger partial charge in [0.1, 0.15) is 10.9 Å². The molecule has 0 aliphatic rings. The molecule has 1 unspecified atom stereocenters. The van der Waals surface area contributed by atoms with Crippen LogP contribution in [0, 0.1) is 0 Å². The van der Waals surface area contributed by atoms with Crippen molar-refractivity contribution in [1.29, 1.82) is 0 Å². The third kappa shape index (κ3) is 4.46. The average molecular weight is 539 g/mol. The molecular weight excluding hydrogens is 510 g/mol. The summed E-state index contributed by atoms with van der Waals surface area (Å²) in [5.74, 6) is -0.227. The summed E-state index contributed by atoms with van der Waals surface area (Å²) in [4.78, 5) is 33.4. The fourth-order valence-corrected chi connectivity index (χ4v) is 5.61. The maximum absolute atomic E-state index is 13.7. The first kappa shape index (κ1) is 24.4. The highest BCUT2D eigenvalue weighted by atomic mass is 79.9. The average Bonchev–Trinajstić information content (AvgIpc) is 3.24. The van der Waals surface area contributed by atoms with Crippen molar-refractivity contribution < 1.29 is 4.79 Å². The molecule has 5 nitrogen and oxygen atoms in total. The Balaban J connectivity index is 1.78. The summed E-state index contributed by atoms with van der Waals surface area (Å²) in [5.41, 5.74) is 4.72. The molecule has 2 aromatic carbocycles. The smallest absolute Gasteiger partial charge is 0.263 e. The number of carbonyl (C=O) groups excluding carboxylic acids is 1. The van der Waals surface area contributed by atoms with Crippen molar-refractivity contribution in [1.82, 2.24) is 9.55 Å². The molecule has 1 N–H and O–H groups in total. The Kier molecular flexibility index (Phi) is 7.33. The van der Waals surface area contributed by atoms with E-state index in [9.17, 15) is 9.59 Å². The van der Waals surface area contributed by atoms with Crippen molar-refractivity contribution in [3.8, 4) is 11.1 Å². The fourth-order valence-electron chi connectivity index (χ4n) is 4.25. The topological polar surface area (TPSA) is 64.0 Å². The zero-order valence-corrected chi connectivity index (χ0v) is 22.2. The van der Waals surface area contributed by atoms with Crippen LogP contribution >= 0.6 is 27.3 Å². The number of fused-ring (bicyclic) bond motifs is 1. The van der Waals surface area contributed by atoms with E-state index in [1.807, 2.05) is 42.5 Å². The predicted molar refractivity (Wildman–Crippen MR) is 145 cm³/mol. The van der Waals surface area contributed by atoms with Crippen LogP contribution in [0.4, 0.5) is 5.69 Å². The number of aromatic nitrogens is 2. The van der Waals surface area contributed by atoms with Crippen LogP contribution in [-0.4, -0.2) is 15.5 Å². The second kappa shape index (κ2) is 10.2. The molecule has 2 heterocycles. The van der Waals surface area contributed by atoms with Crippen LogP contribution in [0.25, 0.3) is 21.3 Å². The lowest BCUT2D eigenvalue weighted by Crippen LogP contribution is -2.32. The molecule has 0 saturated heterocycles. The molecule has 1 atom stereocenters. The number of para-hydroxylation sites is 1. The first-order valence-electron chi connectivity index (χ1n) is 11.6. The minimum absolute atomic E-state index is 0.194. The van der Waals surface area contributed by atoms with E-state index in [4.69, 9.17) is 0 Å². The summed E-state index contributed by atoms with van der Waals surface area (Å²) >= 11 is 5.02. The molecule has 0 aliphatic heterocycles. The van der Waals surface area contributed by atoms with E-state index in [-0.39, 0.29) is 11.5 Å². The molecule has 4 rings (SSSR count). The summed E-state index contributed by atoms with van der Waals surface area (Å²) in [7, 11) is 0. The Hall–Kier alpha value is -2.77. The molecule has 2 aromatic heterocycles. The second-order valence-electron chi connectivity index (χ2n) is 8.22. The molecule has 4 aromatic rings. The van der Waals surface area contributed by atoms with Crippen LogP contribution in [-0.2, 0) is 24.1 Å². The molecule has 0 fully saturated rings. The summed E-state index contributed by atoms with van der Waals surface area (Å²) in [6, 6.07) is 13.3. The second-order valence-corrected chi connectivity index (χ2v) is 10.2. The molecule has 0 spiro atoms. The third-order valence-electron chi connectivity index (χ3n) is 6.21. The lowest BCUT2D eigenvalue weighted by molar-refractivity contribution is -0.118. The Bertz CT molecular complexity index is 1380. The van der Waals surface area contributed by atoms with Gasteiger partial charge < -0.3 is 5.32 Å². The number of amides is 1. The van der Waals surface area contributed by atoms with Gasteiger partial charge in [0, 0.05) is 20.6 Å². The van der Waals surface area contributed by atoms with Gasteiger partial charge in [-0.05, 0) is 55.0 Å². The normalized spacial score (nSPS) is 12.1. The number of nitrogens with one attached hydrogen (secondary N) is 1. The van der Waals surface area contributed by atoms with Crippen LogP contribution in [0.15, 0.2) is 58.1 Å². The van der Waals surface area contributed by atoms with Crippen molar-refractivity contribution in [2.45, 2.75) is 53.0 Å². The van der Waals surface area contributed by atoms with Gasteiger partial charge >= 0.3 is 0 Å². The molecule has 1 amide bonds. The van der Waals surface area contributed by atoms with Crippen LogP contribution in [0.1, 0.15) is 49.7 Å². The monoisotopic (exact) mass is 537 g/mol.